The Morgan fingerprint density at radius 1 is 1.21 bits per heavy atom. The Balaban J connectivity index is 2.48. The van der Waals surface area contributed by atoms with Gasteiger partial charge in [-0.15, -0.1) is 0 Å². The predicted molar refractivity (Wildman–Crippen MR) is 96.7 cm³/mol. The maximum Gasteiger partial charge on any atom is 0.247 e. The Kier molecular flexibility index (Phi) is 7.71. The van der Waals surface area contributed by atoms with Crippen LogP contribution in [0.1, 0.15) is 19.4 Å². The van der Waals surface area contributed by atoms with Crippen molar-refractivity contribution in [2.45, 2.75) is 20.3 Å². The molecule has 24 heavy (non-hydrogen) atoms. The van der Waals surface area contributed by atoms with E-state index < -0.39 is 9.84 Å². The van der Waals surface area contributed by atoms with E-state index in [0.717, 1.165) is 29.1 Å². The van der Waals surface area contributed by atoms with Crippen molar-refractivity contribution in [2.75, 3.05) is 26.5 Å². The topological polar surface area (TPSA) is 63.7 Å². The van der Waals surface area contributed by atoms with E-state index in [1.807, 2.05) is 44.2 Å². The number of carbonyl (C=O) groups excluding carboxylic acids is 1. The van der Waals surface area contributed by atoms with Crippen LogP contribution in [0.4, 0.5) is 0 Å². The number of amides is 1. The summed E-state index contributed by atoms with van der Waals surface area (Å²) in [6.07, 6.45) is 4.83. The van der Waals surface area contributed by atoms with Gasteiger partial charge in [0.15, 0.2) is 9.84 Å². The molecule has 0 N–H and O–H groups in total. The van der Waals surface area contributed by atoms with Gasteiger partial charge in [-0.1, -0.05) is 17.7 Å². The van der Waals surface area contributed by atoms with Crippen molar-refractivity contribution in [3.63, 3.8) is 0 Å². The Labute approximate surface area is 144 Å². The second-order valence-electron chi connectivity index (χ2n) is 5.88. The van der Waals surface area contributed by atoms with Gasteiger partial charge in [0.25, 0.3) is 0 Å². The Hall–Kier alpha value is -2.08. The number of likely N-dealkylation sites (N-methyl/N-ethyl adjacent to an activating group) is 1. The lowest BCUT2D eigenvalue weighted by Crippen LogP contribution is -2.27. The van der Waals surface area contributed by atoms with Crippen molar-refractivity contribution in [1.82, 2.24) is 4.90 Å². The molecular formula is C18H25NO4S. The summed E-state index contributed by atoms with van der Waals surface area (Å²) in [4.78, 5) is 13.3. The minimum Gasteiger partial charge on any atom is -0.490 e. The van der Waals surface area contributed by atoms with E-state index >= 15 is 0 Å². The molecule has 0 saturated heterocycles. The fraction of sp³-hybridized carbons (Fsp3) is 0.389. The third-order valence-corrected chi connectivity index (χ3v) is 3.87. The zero-order valence-electron chi connectivity index (χ0n) is 14.7. The molecule has 0 aliphatic heterocycles. The molecule has 6 heteroatoms. The number of hydrogen-bond donors (Lipinski definition) is 0. The standard InChI is InChI=1S/C18H25NO4S/c1-15(2)10-13-23-17-7-5-16(6-8-17)9-12-19(3)18(20)11-14-24(4,21)22/h5-8,10-11,14H,9,12-13H2,1-4H3/b14-11+. The molecule has 5 nitrogen and oxygen atoms in total. The Morgan fingerprint density at radius 2 is 1.83 bits per heavy atom. The van der Waals surface area contributed by atoms with Gasteiger partial charge in [-0.05, 0) is 44.0 Å². The molecule has 132 valence electrons. The monoisotopic (exact) mass is 351 g/mol. The maximum absolute atomic E-state index is 11.8. The van der Waals surface area contributed by atoms with Crippen LogP contribution in [0.5, 0.6) is 5.75 Å². The highest BCUT2D eigenvalue weighted by molar-refractivity contribution is 7.93. The molecule has 0 aromatic heterocycles. The summed E-state index contributed by atoms with van der Waals surface area (Å²) in [5, 5.41) is 0.921. The summed E-state index contributed by atoms with van der Waals surface area (Å²) < 4.78 is 27.6. The van der Waals surface area contributed by atoms with Gasteiger partial charge in [0.2, 0.25) is 5.91 Å². The van der Waals surface area contributed by atoms with Crippen LogP contribution >= 0.6 is 0 Å². The van der Waals surface area contributed by atoms with Crippen molar-refractivity contribution in [2.24, 2.45) is 0 Å². The van der Waals surface area contributed by atoms with Gasteiger partial charge in [0.05, 0.1) is 0 Å². The average molecular weight is 351 g/mol. The maximum atomic E-state index is 11.8. The van der Waals surface area contributed by atoms with Crippen LogP contribution in [0.2, 0.25) is 0 Å². The molecule has 0 spiro atoms. The van der Waals surface area contributed by atoms with Crippen LogP contribution in [0.15, 0.2) is 47.4 Å². The van der Waals surface area contributed by atoms with Gasteiger partial charge >= 0.3 is 0 Å². The molecule has 0 bridgehead atoms. The number of benzene rings is 1. The van der Waals surface area contributed by atoms with Gasteiger partial charge in [0, 0.05) is 31.3 Å². The molecule has 1 rings (SSSR count). The first kappa shape index (κ1) is 20.0. The summed E-state index contributed by atoms with van der Waals surface area (Å²) in [6.45, 7) is 5.10. The molecule has 1 aromatic carbocycles. The highest BCUT2D eigenvalue weighted by Gasteiger charge is 2.06. The zero-order chi connectivity index (χ0) is 18.2. The molecular weight excluding hydrogens is 326 g/mol. The number of sulfone groups is 1. The van der Waals surface area contributed by atoms with Crippen molar-refractivity contribution in [3.8, 4) is 5.75 Å². The quantitative estimate of drug-likeness (QED) is 0.533. The lowest BCUT2D eigenvalue weighted by molar-refractivity contribution is -0.124. The van der Waals surface area contributed by atoms with Crippen molar-refractivity contribution >= 4 is 15.7 Å². The molecule has 0 atom stereocenters. The zero-order valence-corrected chi connectivity index (χ0v) is 15.5. The van der Waals surface area contributed by atoms with E-state index in [1.165, 1.54) is 10.5 Å². The summed E-state index contributed by atoms with van der Waals surface area (Å²) in [5.74, 6) is 0.471. The summed E-state index contributed by atoms with van der Waals surface area (Å²) >= 11 is 0. The Morgan fingerprint density at radius 3 is 2.38 bits per heavy atom. The van der Waals surface area contributed by atoms with E-state index in [1.54, 1.807) is 7.05 Å². The molecule has 0 saturated carbocycles. The first-order valence-electron chi connectivity index (χ1n) is 7.66. The van der Waals surface area contributed by atoms with Gasteiger partial charge < -0.3 is 9.64 Å². The van der Waals surface area contributed by atoms with E-state index in [0.29, 0.717) is 19.6 Å². The van der Waals surface area contributed by atoms with Gasteiger partial charge in [-0.2, -0.15) is 0 Å². The highest BCUT2D eigenvalue weighted by atomic mass is 32.2. The molecule has 1 amide bonds. The van der Waals surface area contributed by atoms with Gasteiger partial charge in [-0.3, -0.25) is 4.79 Å². The lowest BCUT2D eigenvalue weighted by Gasteiger charge is -2.15. The normalized spacial score (nSPS) is 11.3. The SMILES string of the molecule is CC(C)=CCOc1ccc(CCN(C)C(=O)/C=C/S(C)(=O)=O)cc1. The Bertz CT molecular complexity index is 699. The lowest BCUT2D eigenvalue weighted by atomic mass is 10.1. The van der Waals surface area contributed by atoms with E-state index in [9.17, 15) is 13.2 Å². The number of hydrogen-bond acceptors (Lipinski definition) is 4. The fourth-order valence-electron chi connectivity index (χ4n) is 1.77. The molecule has 0 aliphatic rings. The van der Waals surface area contributed by atoms with E-state index in [-0.39, 0.29) is 5.91 Å². The number of nitrogens with zero attached hydrogens (tertiary/aromatic N) is 1. The van der Waals surface area contributed by atoms with Gasteiger partial charge in [0.1, 0.15) is 12.4 Å². The largest absolute Gasteiger partial charge is 0.490 e. The smallest absolute Gasteiger partial charge is 0.247 e. The van der Waals surface area contributed by atoms with Crippen LogP contribution in [-0.2, 0) is 21.1 Å². The third-order valence-electron chi connectivity index (χ3n) is 3.23. The van der Waals surface area contributed by atoms with Crippen molar-refractivity contribution in [1.29, 1.82) is 0 Å². The minimum absolute atomic E-state index is 0.331. The van der Waals surface area contributed by atoms with E-state index in [2.05, 4.69) is 0 Å². The van der Waals surface area contributed by atoms with Crippen LogP contribution in [0.3, 0.4) is 0 Å². The van der Waals surface area contributed by atoms with Crippen molar-refractivity contribution < 1.29 is 17.9 Å². The van der Waals surface area contributed by atoms with Crippen LogP contribution in [0, 0.1) is 0 Å². The predicted octanol–water partition coefficient (Wildman–Crippen LogP) is 2.59. The number of rotatable bonds is 8. The molecule has 0 heterocycles. The van der Waals surface area contributed by atoms with Crippen molar-refractivity contribution in [3.05, 3.63) is 53.0 Å². The second-order valence-corrected chi connectivity index (χ2v) is 7.81. The molecule has 0 aliphatic carbocycles. The minimum atomic E-state index is -3.28. The first-order chi connectivity index (χ1) is 11.2. The average Bonchev–Trinajstić information content (AvgIpc) is 2.50. The third kappa shape index (κ3) is 8.53. The summed E-state index contributed by atoms with van der Waals surface area (Å²) in [7, 11) is -1.64. The molecule has 0 radical (unpaired) electrons. The number of allylic oxidation sites excluding steroid dienone is 1. The van der Waals surface area contributed by atoms with Gasteiger partial charge in [-0.25, -0.2) is 8.42 Å². The van der Waals surface area contributed by atoms with Crippen LogP contribution in [0.25, 0.3) is 0 Å². The summed E-state index contributed by atoms with van der Waals surface area (Å²) in [6, 6.07) is 7.73. The molecule has 0 unspecified atom stereocenters. The first-order valence-corrected chi connectivity index (χ1v) is 9.61. The molecule has 1 aromatic rings. The summed E-state index contributed by atoms with van der Waals surface area (Å²) in [5.41, 5.74) is 2.29. The highest BCUT2D eigenvalue weighted by Crippen LogP contribution is 2.13. The van der Waals surface area contributed by atoms with Crippen LogP contribution in [-0.4, -0.2) is 45.7 Å². The second kappa shape index (κ2) is 9.27. The van der Waals surface area contributed by atoms with E-state index in [4.69, 9.17) is 4.74 Å². The number of ether oxygens (including phenoxy) is 1. The fourth-order valence-corrected chi connectivity index (χ4v) is 2.14. The molecule has 0 fully saturated rings. The number of carbonyl (C=O) groups is 1. The van der Waals surface area contributed by atoms with Crippen LogP contribution < -0.4 is 4.74 Å².